The predicted octanol–water partition coefficient (Wildman–Crippen LogP) is 3.08. The number of aryl methyl sites for hydroxylation is 1. The van der Waals surface area contributed by atoms with E-state index in [1.807, 2.05) is 18.3 Å². The van der Waals surface area contributed by atoms with Gasteiger partial charge in [0.2, 0.25) is 0 Å². The van der Waals surface area contributed by atoms with E-state index in [0.29, 0.717) is 6.04 Å². The molecule has 0 spiro atoms. The summed E-state index contributed by atoms with van der Waals surface area (Å²) in [6.45, 7) is 4.19. The molecule has 2 fully saturated rings. The second kappa shape index (κ2) is 8.13. The Labute approximate surface area is 166 Å². The fourth-order valence-electron chi connectivity index (χ4n) is 4.83. The molecule has 148 valence electrons. The van der Waals surface area contributed by atoms with E-state index in [-0.39, 0.29) is 0 Å². The van der Waals surface area contributed by atoms with Gasteiger partial charge in [0.05, 0.1) is 0 Å². The Bertz CT molecular complexity index is 798. The SMILES string of the molecule is c1cncc(-c2nc3c(c(NC4CCN(C5CCOCC5)CC4)n2)CCC3)c1. The molecule has 4 heterocycles. The Morgan fingerprint density at radius 1 is 1.04 bits per heavy atom. The molecular weight excluding hydrogens is 350 g/mol. The molecule has 0 amide bonds. The molecule has 1 N–H and O–H groups in total. The minimum atomic E-state index is 0.498. The number of nitrogens with one attached hydrogen (secondary N) is 1. The zero-order valence-corrected chi connectivity index (χ0v) is 16.4. The molecule has 6 nitrogen and oxygen atoms in total. The first kappa shape index (κ1) is 18.0. The topological polar surface area (TPSA) is 63.2 Å². The fraction of sp³-hybridized carbons (Fsp3) is 0.591. The molecule has 28 heavy (non-hydrogen) atoms. The normalized spacial score (nSPS) is 21.6. The van der Waals surface area contributed by atoms with Crippen molar-refractivity contribution in [1.82, 2.24) is 19.9 Å². The van der Waals surface area contributed by atoms with Gasteiger partial charge in [0.1, 0.15) is 5.82 Å². The first-order chi connectivity index (χ1) is 13.9. The van der Waals surface area contributed by atoms with Crippen LogP contribution in [0.3, 0.4) is 0 Å². The first-order valence-corrected chi connectivity index (χ1v) is 10.8. The van der Waals surface area contributed by atoms with Crippen LogP contribution in [0.15, 0.2) is 24.5 Å². The number of aromatic nitrogens is 3. The number of likely N-dealkylation sites (tertiary alicyclic amines) is 1. The van der Waals surface area contributed by atoms with Gasteiger partial charge in [-0.15, -0.1) is 0 Å². The molecule has 0 radical (unpaired) electrons. The van der Waals surface area contributed by atoms with Crippen molar-refractivity contribution in [2.45, 2.75) is 57.0 Å². The highest BCUT2D eigenvalue weighted by Gasteiger charge is 2.28. The summed E-state index contributed by atoms with van der Waals surface area (Å²) in [5.74, 6) is 1.86. The van der Waals surface area contributed by atoms with Crippen LogP contribution in [0.5, 0.6) is 0 Å². The van der Waals surface area contributed by atoms with Gasteiger partial charge in [0.15, 0.2) is 5.82 Å². The summed E-state index contributed by atoms with van der Waals surface area (Å²) in [7, 11) is 0. The van der Waals surface area contributed by atoms with Gasteiger partial charge in [-0.25, -0.2) is 9.97 Å². The third-order valence-corrected chi connectivity index (χ3v) is 6.43. The molecule has 2 aromatic rings. The molecule has 1 aliphatic carbocycles. The minimum Gasteiger partial charge on any atom is -0.381 e. The Kier molecular flexibility index (Phi) is 5.23. The van der Waals surface area contributed by atoms with E-state index in [9.17, 15) is 0 Å². The monoisotopic (exact) mass is 379 g/mol. The Hall–Kier alpha value is -2.05. The zero-order valence-electron chi connectivity index (χ0n) is 16.4. The van der Waals surface area contributed by atoms with E-state index >= 15 is 0 Å². The Balaban J connectivity index is 1.30. The van der Waals surface area contributed by atoms with Crippen molar-refractivity contribution in [3.05, 3.63) is 35.8 Å². The van der Waals surface area contributed by atoms with Gasteiger partial charge in [-0.1, -0.05) is 0 Å². The molecule has 5 rings (SSSR count). The molecule has 3 aliphatic rings. The number of hydrogen-bond acceptors (Lipinski definition) is 6. The summed E-state index contributed by atoms with van der Waals surface area (Å²) in [5.41, 5.74) is 3.55. The highest BCUT2D eigenvalue weighted by atomic mass is 16.5. The van der Waals surface area contributed by atoms with Gasteiger partial charge >= 0.3 is 0 Å². The highest BCUT2D eigenvalue weighted by molar-refractivity contribution is 5.60. The summed E-state index contributed by atoms with van der Waals surface area (Å²) in [6, 6.07) is 5.21. The van der Waals surface area contributed by atoms with Crippen LogP contribution in [0.25, 0.3) is 11.4 Å². The summed E-state index contributed by atoms with van der Waals surface area (Å²) >= 11 is 0. The molecule has 2 saturated heterocycles. The maximum atomic E-state index is 5.52. The van der Waals surface area contributed by atoms with Crippen LogP contribution in [-0.2, 0) is 17.6 Å². The van der Waals surface area contributed by atoms with Crippen molar-refractivity contribution in [3.8, 4) is 11.4 Å². The minimum absolute atomic E-state index is 0.498. The average molecular weight is 380 g/mol. The summed E-state index contributed by atoms with van der Waals surface area (Å²) in [5, 5.41) is 3.79. The van der Waals surface area contributed by atoms with Crippen molar-refractivity contribution >= 4 is 5.82 Å². The van der Waals surface area contributed by atoms with Crippen LogP contribution in [0.1, 0.15) is 43.4 Å². The number of anilines is 1. The molecule has 0 saturated carbocycles. The number of ether oxygens (including phenoxy) is 1. The van der Waals surface area contributed by atoms with Gasteiger partial charge in [-0.05, 0) is 57.1 Å². The third kappa shape index (κ3) is 3.76. The van der Waals surface area contributed by atoms with Crippen molar-refractivity contribution < 1.29 is 4.74 Å². The van der Waals surface area contributed by atoms with E-state index in [2.05, 4.69) is 15.2 Å². The average Bonchev–Trinajstić information content (AvgIpc) is 3.25. The van der Waals surface area contributed by atoms with Crippen molar-refractivity contribution in [2.75, 3.05) is 31.6 Å². The number of pyridine rings is 1. The van der Waals surface area contributed by atoms with Crippen LogP contribution in [-0.4, -0.2) is 58.2 Å². The molecule has 0 atom stereocenters. The molecule has 0 aromatic carbocycles. The van der Waals surface area contributed by atoms with E-state index in [4.69, 9.17) is 14.7 Å². The molecular formula is C22H29N5O. The molecule has 2 aliphatic heterocycles. The van der Waals surface area contributed by atoms with Crippen LogP contribution in [0, 0.1) is 0 Å². The maximum absolute atomic E-state index is 5.52. The second-order valence-corrected chi connectivity index (χ2v) is 8.21. The van der Waals surface area contributed by atoms with Gasteiger partial charge in [-0.3, -0.25) is 4.98 Å². The number of piperidine rings is 1. The van der Waals surface area contributed by atoms with Crippen LogP contribution < -0.4 is 5.32 Å². The molecule has 2 aromatic heterocycles. The number of hydrogen-bond donors (Lipinski definition) is 1. The van der Waals surface area contributed by atoms with Gasteiger partial charge in [0, 0.05) is 67.6 Å². The summed E-state index contributed by atoms with van der Waals surface area (Å²) in [4.78, 5) is 16.7. The smallest absolute Gasteiger partial charge is 0.163 e. The Morgan fingerprint density at radius 3 is 2.68 bits per heavy atom. The van der Waals surface area contributed by atoms with E-state index in [0.717, 1.165) is 49.3 Å². The first-order valence-electron chi connectivity index (χ1n) is 10.8. The largest absolute Gasteiger partial charge is 0.381 e. The second-order valence-electron chi connectivity index (χ2n) is 8.21. The summed E-state index contributed by atoms with van der Waals surface area (Å²) < 4.78 is 5.52. The lowest BCUT2D eigenvalue weighted by atomic mass is 9.99. The standard InChI is InChI=1S/C22H29N5O/c1-4-19-20(5-1)25-21(16-3-2-10-23-15-16)26-22(19)24-17-6-11-27(12-7-17)18-8-13-28-14-9-18/h2-3,10,15,17-18H,1,4-9,11-14H2,(H,24,25,26). The number of nitrogens with zero attached hydrogens (tertiary/aromatic N) is 4. The lowest BCUT2D eigenvalue weighted by Gasteiger charge is -2.39. The van der Waals surface area contributed by atoms with E-state index in [1.165, 1.54) is 56.5 Å². The molecule has 0 unspecified atom stereocenters. The number of fused-ring (bicyclic) bond motifs is 1. The van der Waals surface area contributed by atoms with E-state index in [1.54, 1.807) is 6.20 Å². The fourth-order valence-corrected chi connectivity index (χ4v) is 4.83. The molecule has 0 bridgehead atoms. The lowest BCUT2D eigenvalue weighted by Crippen LogP contribution is -2.46. The van der Waals surface area contributed by atoms with Crippen LogP contribution >= 0.6 is 0 Å². The van der Waals surface area contributed by atoms with Crippen molar-refractivity contribution in [1.29, 1.82) is 0 Å². The highest BCUT2D eigenvalue weighted by Crippen LogP contribution is 2.30. The maximum Gasteiger partial charge on any atom is 0.163 e. The predicted molar refractivity (Wildman–Crippen MR) is 109 cm³/mol. The quantitative estimate of drug-likeness (QED) is 0.881. The van der Waals surface area contributed by atoms with Gasteiger partial charge in [-0.2, -0.15) is 0 Å². The number of rotatable bonds is 4. The molecule has 6 heteroatoms. The van der Waals surface area contributed by atoms with Crippen LogP contribution in [0.2, 0.25) is 0 Å². The third-order valence-electron chi connectivity index (χ3n) is 6.43. The van der Waals surface area contributed by atoms with Gasteiger partial charge in [0.25, 0.3) is 0 Å². The van der Waals surface area contributed by atoms with Gasteiger partial charge < -0.3 is 15.0 Å². The van der Waals surface area contributed by atoms with E-state index < -0.39 is 0 Å². The lowest BCUT2D eigenvalue weighted by molar-refractivity contribution is 0.0262. The van der Waals surface area contributed by atoms with Crippen molar-refractivity contribution in [2.24, 2.45) is 0 Å². The Morgan fingerprint density at radius 2 is 1.89 bits per heavy atom. The summed E-state index contributed by atoms with van der Waals surface area (Å²) in [6.07, 6.45) is 11.7. The van der Waals surface area contributed by atoms with Crippen molar-refractivity contribution in [3.63, 3.8) is 0 Å². The zero-order chi connectivity index (χ0) is 18.8. The van der Waals surface area contributed by atoms with Crippen LogP contribution in [0.4, 0.5) is 5.82 Å².